The molecule has 3 aromatic rings. The zero-order chi connectivity index (χ0) is 12.5. The maximum Gasteiger partial charge on any atom is 0.132 e. The van der Waals surface area contributed by atoms with E-state index in [9.17, 15) is 10.2 Å². The van der Waals surface area contributed by atoms with Crippen molar-refractivity contribution in [2.45, 2.75) is 0 Å². The lowest BCUT2D eigenvalue weighted by Crippen LogP contribution is -1.81. The van der Waals surface area contributed by atoms with Crippen LogP contribution in [0.3, 0.4) is 0 Å². The summed E-state index contributed by atoms with van der Waals surface area (Å²) in [5.74, 6) is 0.336. The molecule has 0 aromatic heterocycles. The van der Waals surface area contributed by atoms with Gasteiger partial charge in [-0.1, -0.05) is 36.4 Å². The molecule has 2 N–H and O–H groups in total. The number of hydrogen-bond donors (Lipinski definition) is 2. The topological polar surface area (TPSA) is 40.5 Å². The van der Waals surface area contributed by atoms with Gasteiger partial charge in [0.25, 0.3) is 0 Å². The molecule has 0 aliphatic rings. The van der Waals surface area contributed by atoms with Crippen LogP contribution in [0.15, 0.2) is 54.6 Å². The van der Waals surface area contributed by atoms with E-state index in [0.29, 0.717) is 5.56 Å². The molecule has 0 atom stereocenters. The third-order valence-electron chi connectivity index (χ3n) is 2.95. The van der Waals surface area contributed by atoms with Crippen molar-refractivity contribution in [1.82, 2.24) is 0 Å². The summed E-state index contributed by atoms with van der Waals surface area (Å²) < 4.78 is 0. The molecular formula is C16H11O2. The Labute approximate surface area is 105 Å². The summed E-state index contributed by atoms with van der Waals surface area (Å²) in [7, 11) is 0. The quantitative estimate of drug-likeness (QED) is 0.674. The van der Waals surface area contributed by atoms with Gasteiger partial charge in [0.05, 0.1) is 0 Å². The van der Waals surface area contributed by atoms with Crippen molar-refractivity contribution in [2.24, 2.45) is 0 Å². The number of aromatic hydroxyl groups is 2. The normalized spacial score (nSPS) is 10.7. The molecule has 0 spiro atoms. The molecule has 3 aromatic carbocycles. The molecule has 1 radical (unpaired) electrons. The molecule has 2 heteroatoms. The summed E-state index contributed by atoms with van der Waals surface area (Å²) in [6, 6.07) is 19.4. The molecule has 18 heavy (non-hydrogen) atoms. The maximum atomic E-state index is 10.0. The van der Waals surface area contributed by atoms with Gasteiger partial charge in [0, 0.05) is 11.6 Å². The first-order valence-corrected chi connectivity index (χ1v) is 5.67. The van der Waals surface area contributed by atoms with Gasteiger partial charge in [-0.15, -0.1) is 0 Å². The summed E-state index contributed by atoms with van der Waals surface area (Å²) in [5, 5.41) is 21.2. The fraction of sp³-hybridized carbons (Fsp3) is 0. The van der Waals surface area contributed by atoms with Crippen LogP contribution in [0.25, 0.3) is 21.9 Å². The number of rotatable bonds is 1. The van der Waals surface area contributed by atoms with Gasteiger partial charge in [0.15, 0.2) is 0 Å². The van der Waals surface area contributed by atoms with E-state index in [1.165, 1.54) is 0 Å². The van der Waals surface area contributed by atoms with Gasteiger partial charge in [0.1, 0.15) is 11.5 Å². The second-order valence-electron chi connectivity index (χ2n) is 4.17. The van der Waals surface area contributed by atoms with Crippen molar-refractivity contribution >= 4 is 10.8 Å². The molecule has 0 aliphatic heterocycles. The highest BCUT2D eigenvalue weighted by Gasteiger charge is 2.06. The van der Waals surface area contributed by atoms with E-state index >= 15 is 0 Å². The van der Waals surface area contributed by atoms with Crippen LogP contribution < -0.4 is 0 Å². The Kier molecular flexibility index (Phi) is 2.41. The highest BCUT2D eigenvalue weighted by molar-refractivity contribution is 5.89. The highest BCUT2D eigenvalue weighted by atomic mass is 16.3. The zero-order valence-corrected chi connectivity index (χ0v) is 9.59. The minimum Gasteiger partial charge on any atom is -0.508 e. The van der Waals surface area contributed by atoms with Crippen molar-refractivity contribution in [3.05, 3.63) is 60.7 Å². The minimum absolute atomic E-state index is 0.124. The van der Waals surface area contributed by atoms with E-state index in [1.807, 2.05) is 30.3 Å². The van der Waals surface area contributed by atoms with E-state index < -0.39 is 0 Å². The Morgan fingerprint density at radius 1 is 0.833 bits per heavy atom. The number of benzene rings is 3. The first kappa shape index (κ1) is 10.7. The van der Waals surface area contributed by atoms with Crippen molar-refractivity contribution in [3.8, 4) is 22.6 Å². The lowest BCUT2D eigenvalue weighted by Gasteiger charge is -2.07. The van der Waals surface area contributed by atoms with Crippen LogP contribution in [0.5, 0.6) is 11.5 Å². The molecule has 0 amide bonds. The average molecular weight is 235 g/mol. The minimum atomic E-state index is 0.124. The van der Waals surface area contributed by atoms with E-state index in [2.05, 4.69) is 6.07 Å². The smallest absolute Gasteiger partial charge is 0.132 e. The Bertz CT molecular complexity index is 700. The molecule has 2 nitrogen and oxygen atoms in total. The fourth-order valence-electron chi connectivity index (χ4n) is 2.02. The molecule has 0 bridgehead atoms. The number of fused-ring (bicyclic) bond motifs is 1. The number of phenols is 2. The SMILES string of the molecule is Oc1ccc(-c2cc3ccccc3[c]c2O)cc1. The van der Waals surface area contributed by atoms with Crippen LogP contribution in [-0.4, -0.2) is 10.2 Å². The van der Waals surface area contributed by atoms with Gasteiger partial charge in [0.2, 0.25) is 0 Å². The van der Waals surface area contributed by atoms with E-state index in [1.54, 1.807) is 24.3 Å². The highest BCUT2D eigenvalue weighted by Crippen LogP contribution is 2.33. The van der Waals surface area contributed by atoms with E-state index in [-0.39, 0.29) is 11.5 Å². The zero-order valence-electron chi connectivity index (χ0n) is 9.59. The van der Waals surface area contributed by atoms with Crippen molar-refractivity contribution in [1.29, 1.82) is 0 Å². The molecule has 0 saturated heterocycles. The lowest BCUT2D eigenvalue weighted by atomic mass is 10.00. The predicted octanol–water partition coefficient (Wildman–Crippen LogP) is 3.72. The predicted molar refractivity (Wildman–Crippen MR) is 71.5 cm³/mol. The standard InChI is InChI=1S/C16H11O2/c17-14-7-5-11(6-8-14)15-9-12-3-1-2-4-13(12)10-16(15)18/h1-9,17-18H. The second kappa shape index (κ2) is 4.08. The van der Waals surface area contributed by atoms with Gasteiger partial charge in [-0.3, -0.25) is 0 Å². The lowest BCUT2D eigenvalue weighted by molar-refractivity contribution is 0.474. The summed E-state index contributed by atoms with van der Waals surface area (Å²) in [5.41, 5.74) is 1.57. The Hall–Kier alpha value is -2.48. The molecule has 87 valence electrons. The van der Waals surface area contributed by atoms with Crippen LogP contribution >= 0.6 is 0 Å². The van der Waals surface area contributed by atoms with Crippen LogP contribution in [0, 0.1) is 6.07 Å². The van der Waals surface area contributed by atoms with E-state index in [4.69, 9.17) is 0 Å². The van der Waals surface area contributed by atoms with Gasteiger partial charge < -0.3 is 10.2 Å². The summed E-state index contributed by atoms with van der Waals surface area (Å²) in [6.07, 6.45) is 0. The Morgan fingerprint density at radius 2 is 1.56 bits per heavy atom. The monoisotopic (exact) mass is 235 g/mol. The summed E-state index contributed by atoms with van der Waals surface area (Å²) in [6.45, 7) is 0. The van der Waals surface area contributed by atoms with Crippen molar-refractivity contribution in [3.63, 3.8) is 0 Å². The second-order valence-corrected chi connectivity index (χ2v) is 4.17. The first-order chi connectivity index (χ1) is 8.74. The van der Waals surface area contributed by atoms with Crippen LogP contribution in [-0.2, 0) is 0 Å². The van der Waals surface area contributed by atoms with Gasteiger partial charge in [-0.25, -0.2) is 0 Å². The van der Waals surface area contributed by atoms with Crippen LogP contribution in [0.4, 0.5) is 0 Å². The molecule has 0 fully saturated rings. The molecule has 3 rings (SSSR count). The maximum absolute atomic E-state index is 10.0. The average Bonchev–Trinajstić information content (AvgIpc) is 2.39. The van der Waals surface area contributed by atoms with E-state index in [0.717, 1.165) is 16.3 Å². The van der Waals surface area contributed by atoms with Crippen LogP contribution in [0.1, 0.15) is 0 Å². The Morgan fingerprint density at radius 3 is 2.33 bits per heavy atom. The van der Waals surface area contributed by atoms with Gasteiger partial charge in [-0.2, -0.15) is 0 Å². The molecule has 0 heterocycles. The number of hydrogen-bond acceptors (Lipinski definition) is 2. The molecule has 0 unspecified atom stereocenters. The molecule has 0 aliphatic carbocycles. The van der Waals surface area contributed by atoms with Crippen molar-refractivity contribution in [2.75, 3.05) is 0 Å². The largest absolute Gasteiger partial charge is 0.508 e. The summed E-state index contributed by atoms with van der Waals surface area (Å²) in [4.78, 5) is 0. The Balaban J connectivity index is 2.22. The third-order valence-corrected chi connectivity index (χ3v) is 2.95. The number of phenolic OH excluding ortho intramolecular Hbond substituents is 2. The third kappa shape index (κ3) is 1.78. The van der Waals surface area contributed by atoms with Gasteiger partial charge >= 0.3 is 0 Å². The fourth-order valence-corrected chi connectivity index (χ4v) is 2.02. The first-order valence-electron chi connectivity index (χ1n) is 5.67. The summed E-state index contributed by atoms with van der Waals surface area (Å²) >= 11 is 0. The van der Waals surface area contributed by atoms with Gasteiger partial charge in [-0.05, 0) is 34.5 Å². The van der Waals surface area contributed by atoms with Crippen LogP contribution in [0.2, 0.25) is 0 Å². The molecule has 0 saturated carbocycles. The van der Waals surface area contributed by atoms with Crippen molar-refractivity contribution < 1.29 is 10.2 Å². The molecular weight excluding hydrogens is 224 g/mol.